The highest BCUT2D eigenvalue weighted by molar-refractivity contribution is 7.91. The second-order valence-electron chi connectivity index (χ2n) is 6.10. The Hall–Kier alpha value is -3.46. The summed E-state index contributed by atoms with van der Waals surface area (Å²) in [5, 5.41) is 11.7. The fourth-order valence-corrected chi connectivity index (χ4v) is 4.16. The van der Waals surface area contributed by atoms with Crippen LogP contribution in [0, 0.1) is 0 Å². The zero-order valence-corrected chi connectivity index (χ0v) is 15.7. The van der Waals surface area contributed by atoms with Crippen LogP contribution in [0.4, 0.5) is 0 Å². The smallest absolute Gasteiger partial charge is 0.274 e. The Balaban J connectivity index is 1.74. The van der Waals surface area contributed by atoms with E-state index in [1.54, 1.807) is 24.4 Å². The van der Waals surface area contributed by atoms with Gasteiger partial charge < -0.3 is 4.74 Å². The summed E-state index contributed by atoms with van der Waals surface area (Å²) >= 11 is 0. The van der Waals surface area contributed by atoms with E-state index < -0.39 is 9.84 Å². The molecule has 4 rings (SSSR count). The van der Waals surface area contributed by atoms with Crippen molar-refractivity contribution < 1.29 is 13.2 Å². The van der Waals surface area contributed by atoms with Gasteiger partial charge >= 0.3 is 0 Å². The topological polar surface area (TPSA) is 107 Å². The molecule has 0 aliphatic heterocycles. The van der Waals surface area contributed by atoms with Crippen molar-refractivity contribution in [3.8, 4) is 5.75 Å². The summed E-state index contributed by atoms with van der Waals surface area (Å²) in [5.41, 5.74) is 0.363. The minimum Gasteiger partial charge on any atom is -0.497 e. The molecule has 142 valence electrons. The first-order valence-corrected chi connectivity index (χ1v) is 9.85. The number of aromatic nitrogens is 4. The van der Waals surface area contributed by atoms with Crippen molar-refractivity contribution in [1.82, 2.24) is 20.0 Å². The maximum atomic E-state index is 12.9. The molecule has 0 saturated heterocycles. The first-order valence-electron chi connectivity index (χ1n) is 8.37. The van der Waals surface area contributed by atoms with Crippen LogP contribution in [0.2, 0.25) is 0 Å². The van der Waals surface area contributed by atoms with E-state index in [1.807, 2.05) is 0 Å². The molecule has 0 spiro atoms. The van der Waals surface area contributed by atoms with Crippen LogP contribution in [0.5, 0.6) is 5.75 Å². The molecule has 0 saturated carbocycles. The van der Waals surface area contributed by atoms with Crippen LogP contribution in [0.3, 0.4) is 0 Å². The number of nitrogens with zero attached hydrogens (tertiary/aromatic N) is 3. The van der Waals surface area contributed by atoms with Gasteiger partial charge in [0.15, 0.2) is 0 Å². The number of aromatic amines is 1. The minimum atomic E-state index is -3.73. The molecule has 2 aromatic heterocycles. The van der Waals surface area contributed by atoms with Crippen LogP contribution in [-0.4, -0.2) is 35.5 Å². The van der Waals surface area contributed by atoms with E-state index in [9.17, 15) is 13.2 Å². The quantitative estimate of drug-likeness (QED) is 0.553. The predicted molar refractivity (Wildman–Crippen MR) is 102 cm³/mol. The van der Waals surface area contributed by atoms with Crippen molar-refractivity contribution in [1.29, 1.82) is 0 Å². The molecule has 8 nitrogen and oxygen atoms in total. The molecule has 2 heterocycles. The standard InChI is InChI=1S/C19H16N4O4S/c1-27-15-2-4-16(5-3-15)28(25,26)17-6-7-18-13(10-17)11-21-23(19(18)24)12-14-8-9-20-22-14/h2-11H,12H2,1H3,(H,20,22). The SMILES string of the molecule is COc1ccc(S(=O)(=O)c2ccc3c(=O)n(Cc4cc[nH]n4)ncc3c2)cc1. The van der Waals surface area contributed by atoms with Gasteiger partial charge in [0.2, 0.25) is 9.84 Å². The molecule has 0 atom stereocenters. The molecule has 0 aliphatic rings. The van der Waals surface area contributed by atoms with Gasteiger partial charge in [-0.15, -0.1) is 0 Å². The van der Waals surface area contributed by atoms with E-state index in [-0.39, 0.29) is 21.9 Å². The van der Waals surface area contributed by atoms with Gasteiger partial charge in [0.05, 0.1) is 40.7 Å². The van der Waals surface area contributed by atoms with Crippen molar-refractivity contribution in [3.63, 3.8) is 0 Å². The van der Waals surface area contributed by atoms with Gasteiger partial charge in [-0.25, -0.2) is 13.1 Å². The summed E-state index contributed by atoms with van der Waals surface area (Å²) in [6.45, 7) is 0.226. The van der Waals surface area contributed by atoms with E-state index >= 15 is 0 Å². The molecule has 0 aliphatic carbocycles. The van der Waals surface area contributed by atoms with Crippen molar-refractivity contribution in [2.75, 3.05) is 7.11 Å². The number of nitrogens with one attached hydrogen (secondary N) is 1. The molecule has 28 heavy (non-hydrogen) atoms. The number of rotatable bonds is 5. The highest BCUT2D eigenvalue weighted by Crippen LogP contribution is 2.25. The van der Waals surface area contributed by atoms with E-state index in [2.05, 4.69) is 15.3 Å². The maximum absolute atomic E-state index is 12.9. The molecular formula is C19H16N4O4S. The lowest BCUT2D eigenvalue weighted by Crippen LogP contribution is -2.23. The van der Waals surface area contributed by atoms with Gasteiger partial charge in [-0.3, -0.25) is 9.89 Å². The predicted octanol–water partition coefficient (Wildman–Crippen LogP) is 2.01. The number of hydrogen-bond donors (Lipinski definition) is 1. The van der Waals surface area contributed by atoms with Crippen LogP contribution in [0.15, 0.2) is 75.5 Å². The minimum absolute atomic E-state index is 0.0939. The third-order valence-electron chi connectivity index (χ3n) is 4.37. The van der Waals surface area contributed by atoms with E-state index in [0.717, 1.165) is 0 Å². The van der Waals surface area contributed by atoms with Gasteiger partial charge in [0, 0.05) is 11.6 Å². The normalized spacial score (nSPS) is 11.6. The van der Waals surface area contributed by atoms with Crippen LogP contribution in [0.1, 0.15) is 5.69 Å². The number of methoxy groups -OCH3 is 1. The molecule has 0 bridgehead atoms. The fraction of sp³-hybridized carbons (Fsp3) is 0.105. The van der Waals surface area contributed by atoms with Crippen LogP contribution >= 0.6 is 0 Å². The van der Waals surface area contributed by atoms with Crippen LogP contribution in [-0.2, 0) is 16.4 Å². The molecule has 2 aromatic carbocycles. The van der Waals surface area contributed by atoms with Crippen molar-refractivity contribution >= 4 is 20.6 Å². The van der Waals surface area contributed by atoms with Crippen molar-refractivity contribution in [2.24, 2.45) is 0 Å². The van der Waals surface area contributed by atoms with Gasteiger partial charge in [0.1, 0.15) is 5.75 Å². The third-order valence-corrected chi connectivity index (χ3v) is 6.14. The molecule has 0 radical (unpaired) electrons. The molecule has 0 amide bonds. The summed E-state index contributed by atoms with van der Waals surface area (Å²) < 4.78 is 32.1. The number of sulfone groups is 1. The average molecular weight is 396 g/mol. The van der Waals surface area contributed by atoms with E-state index in [1.165, 1.54) is 48.3 Å². The summed E-state index contributed by atoms with van der Waals surface area (Å²) in [6, 6.07) is 12.3. The Morgan fingerprint density at radius 1 is 1.07 bits per heavy atom. The Morgan fingerprint density at radius 2 is 1.82 bits per heavy atom. The molecule has 4 aromatic rings. The molecule has 1 N–H and O–H groups in total. The highest BCUT2D eigenvalue weighted by Gasteiger charge is 2.19. The van der Waals surface area contributed by atoms with Gasteiger partial charge in [-0.1, -0.05) is 0 Å². The second kappa shape index (κ2) is 6.93. The lowest BCUT2D eigenvalue weighted by molar-refractivity contribution is 0.414. The number of H-pyrrole nitrogens is 1. The molecule has 0 fully saturated rings. The summed E-state index contributed by atoms with van der Waals surface area (Å²) in [6.07, 6.45) is 3.15. The summed E-state index contributed by atoms with van der Waals surface area (Å²) in [7, 11) is -2.21. The second-order valence-corrected chi connectivity index (χ2v) is 8.05. The number of ether oxygens (including phenoxy) is 1. The Morgan fingerprint density at radius 3 is 2.50 bits per heavy atom. The van der Waals surface area contributed by atoms with Crippen LogP contribution < -0.4 is 10.3 Å². The van der Waals surface area contributed by atoms with Gasteiger partial charge in [-0.2, -0.15) is 10.2 Å². The maximum Gasteiger partial charge on any atom is 0.274 e. The average Bonchev–Trinajstić information content (AvgIpc) is 3.23. The number of benzene rings is 2. The zero-order valence-electron chi connectivity index (χ0n) is 14.9. The van der Waals surface area contributed by atoms with E-state index in [4.69, 9.17) is 4.74 Å². The zero-order chi connectivity index (χ0) is 19.7. The monoisotopic (exact) mass is 396 g/mol. The Labute approximate surface area is 160 Å². The number of fused-ring (bicyclic) bond motifs is 1. The van der Waals surface area contributed by atoms with E-state index in [0.29, 0.717) is 22.2 Å². The first kappa shape index (κ1) is 17.9. The first-order chi connectivity index (χ1) is 13.5. The number of hydrogen-bond acceptors (Lipinski definition) is 6. The van der Waals surface area contributed by atoms with Gasteiger partial charge in [-0.05, 0) is 48.5 Å². The van der Waals surface area contributed by atoms with Crippen molar-refractivity contribution in [2.45, 2.75) is 16.3 Å². The molecule has 9 heteroatoms. The lowest BCUT2D eigenvalue weighted by atomic mass is 10.2. The summed E-state index contributed by atoms with van der Waals surface area (Å²) in [5.74, 6) is 0.569. The highest BCUT2D eigenvalue weighted by atomic mass is 32.2. The largest absolute Gasteiger partial charge is 0.497 e. The third kappa shape index (κ3) is 3.16. The fourth-order valence-electron chi connectivity index (χ4n) is 2.87. The Bertz CT molecular complexity index is 1290. The molecular weight excluding hydrogens is 380 g/mol. The Kier molecular flexibility index (Phi) is 4.44. The summed E-state index contributed by atoms with van der Waals surface area (Å²) in [4.78, 5) is 12.9. The lowest BCUT2D eigenvalue weighted by Gasteiger charge is -2.08. The molecule has 0 unspecified atom stereocenters. The van der Waals surface area contributed by atoms with Gasteiger partial charge in [0.25, 0.3) is 5.56 Å². The van der Waals surface area contributed by atoms with Crippen LogP contribution in [0.25, 0.3) is 10.8 Å². The van der Waals surface area contributed by atoms with Crippen molar-refractivity contribution in [3.05, 3.63) is 77.0 Å².